The summed E-state index contributed by atoms with van der Waals surface area (Å²) in [6.07, 6.45) is 4.54. The van der Waals surface area contributed by atoms with E-state index < -0.39 is 10.0 Å². The van der Waals surface area contributed by atoms with Gasteiger partial charge in [-0.1, -0.05) is 13.8 Å². The Morgan fingerprint density at radius 1 is 1.33 bits per heavy atom. The van der Waals surface area contributed by atoms with Gasteiger partial charge >= 0.3 is 0 Å². The fraction of sp³-hybridized carbons (Fsp3) is 0.600. The zero-order valence-electron chi connectivity index (χ0n) is 14.1. The van der Waals surface area contributed by atoms with E-state index in [4.69, 9.17) is 0 Å². The average Bonchev–Trinajstić information content (AvgIpc) is 2.89. The quantitative estimate of drug-likeness (QED) is 0.759. The second-order valence-corrected chi connectivity index (χ2v) is 8.12. The molecule has 7 nitrogen and oxygen atoms in total. The lowest BCUT2D eigenvalue weighted by Crippen LogP contribution is -2.46. The first-order chi connectivity index (χ1) is 10.8. The molecule has 0 aliphatic carbocycles. The molecule has 2 heterocycles. The summed E-state index contributed by atoms with van der Waals surface area (Å²) in [5, 5.41) is 2.96. The van der Waals surface area contributed by atoms with Gasteiger partial charge in [-0.3, -0.25) is 9.78 Å². The summed E-state index contributed by atoms with van der Waals surface area (Å²) in [4.78, 5) is 18.2. The Morgan fingerprint density at radius 2 is 1.96 bits per heavy atom. The van der Waals surface area contributed by atoms with Gasteiger partial charge in [0.1, 0.15) is 0 Å². The summed E-state index contributed by atoms with van der Waals surface area (Å²) in [6, 6.07) is 3.90. The number of nitrogens with zero attached hydrogens (tertiary/aromatic N) is 2. The predicted molar refractivity (Wildman–Crippen MR) is 96.8 cm³/mol. The first-order valence-corrected chi connectivity index (χ1v) is 9.54. The predicted octanol–water partition coefficient (Wildman–Crippen LogP) is 0.630. The molecule has 1 amide bonds. The molecule has 0 spiro atoms. The SMILES string of the molecule is CC(C)[C@H]1CN(c2ccncc2)C[C@@H]1NC(=O)CNS(C)(=O)=O.Cl. The third-order valence-corrected chi connectivity index (χ3v) is 4.76. The highest BCUT2D eigenvalue weighted by atomic mass is 35.5. The summed E-state index contributed by atoms with van der Waals surface area (Å²) in [5.74, 6) is 0.419. The number of nitrogens with one attached hydrogen (secondary N) is 2. The first-order valence-electron chi connectivity index (χ1n) is 7.65. The normalized spacial score (nSPS) is 20.8. The summed E-state index contributed by atoms with van der Waals surface area (Å²) >= 11 is 0. The molecule has 9 heteroatoms. The number of rotatable bonds is 6. The smallest absolute Gasteiger partial charge is 0.235 e. The zero-order valence-corrected chi connectivity index (χ0v) is 15.7. The summed E-state index contributed by atoms with van der Waals surface area (Å²) in [6.45, 7) is 5.60. The lowest BCUT2D eigenvalue weighted by molar-refractivity contribution is -0.120. The van der Waals surface area contributed by atoms with Crippen LogP contribution < -0.4 is 14.9 Å². The lowest BCUT2D eigenvalue weighted by Gasteiger charge is -2.22. The second-order valence-electron chi connectivity index (χ2n) is 6.29. The summed E-state index contributed by atoms with van der Waals surface area (Å²) in [5.41, 5.74) is 1.08. The molecule has 1 aromatic heterocycles. The van der Waals surface area contributed by atoms with Crippen LogP contribution in [0, 0.1) is 11.8 Å². The molecule has 2 N–H and O–H groups in total. The Kier molecular flexibility index (Phi) is 7.44. The van der Waals surface area contributed by atoms with Crippen LogP contribution in [0.2, 0.25) is 0 Å². The molecule has 0 unspecified atom stereocenters. The number of pyridine rings is 1. The van der Waals surface area contributed by atoms with Crippen LogP contribution in [-0.4, -0.2) is 51.2 Å². The van der Waals surface area contributed by atoms with E-state index in [2.05, 4.69) is 33.8 Å². The van der Waals surface area contributed by atoms with Crippen LogP contribution in [0.1, 0.15) is 13.8 Å². The maximum absolute atomic E-state index is 12.0. The third kappa shape index (κ3) is 5.92. The van der Waals surface area contributed by atoms with Crippen LogP contribution in [0.3, 0.4) is 0 Å². The van der Waals surface area contributed by atoms with E-state index in [-0.39, 0.29) is 30.9 Å². The van der Waals surface area contributed by atoms with Gasteiger partial charge in [0.25, 0.3) is 0 Å². The van der Waals surface area contributed by atoms with Gasteiger partial charge < -0.3 is 10.2 Å². The van der Waals surface area contributed by atoms with Crippen LogP contribution in [0.25, 0.3) is 0 Å². The van der Waals surface area contributed by atoms with Crippen LogP contribution >= 0.6 is 12.4 Å². The van der Waals surface area contributed by atoms with Gasteiger partial charge in [0.2, 0.25) is 15.9 Å². The Bertz CT molecular complexity index is 639. The largest absolute Gasteiger partial charge is 0.369 e. The summed E-state index contributed by atoms with van der Waals surface area (Å²) < 4.78 is 24.4. The van der Waals surface area contributed by atoms with Crippen molar-refractivity contribution in [2.24, 2.45) is 11.8 Å². The molecule has 1 aliphatic rings. The Hall–Kier alpha value is -1.38. The molecule has 0 bridgehead atoms. The van der Waals surface area contributed by atoms with Gasteiger partial charge in [-0.25, -0.2) is 13.1 Å². The van der Waals surface area contributed by atoms with Crippen molar-refractivity contribution in [1.29, 1.82) is 0 Å². The highest BCUT2D eigenvalue weighted by Gasteiger charge is 2.35. The van der Waals surface area contributed by atoms with E-state index >= 15 is 0 Å². The van der Waals surface area contributed by atoms with Crippen molar-refractivity contribution in [2.75, 3.05) is 30.8 Å². The number of amides is 1. The number of sulfonamides is 1. The highest BCUT2D eigenvalue weighted by molar-refractivity contribution is 7.88. The van der Waals surface area contributed by atoms with E-state index in [1.165, 1.54) is 0 Å². The van der Waals surface area contributed by atoms with Crippen LogP contribution in [0.5, 0.6) is 0 Å². The molecule has 24 heavy (non-hydrogen) atoms. The third-order valence-electron chi connectivity index (χ3n) is 4.09. The number of hydrogen-bond acceptors (Lipinski definition) is 5. The maximum atomic E-state index is 12.0. The van der Waals surface area contributed by atoms with Gasteiger partial charge in [0.05, 0.1) is 18.8 Å². The van der Waals surface area contributed by atoms with Crippen molar-refractivity contribution in [3.63, 3.8) is 0 Å². The van der Waals surface area contributed by atoms with Gasteiger partial charge in [-0.05, 0) is 18.1 Å². The van der Waals surface area contributed by atoms with E-state index in [1.54, 1.807) is 12.4 Å². The molecule has 0 radical (unpaired) electrons. The monoisotopic (exact) mass is 376 g/mol. The standard InChI is InChI=1S/C15H24N4O3S.ClH/c1-11(2)13-9-19(12-4-6-16-7-5-12)10-14(13)18-15(20)8-17-23(3,21)22;/h4-7,11,13-14,17H,8-10H2,1-3H3,(H,18,20);1H/t13-,14+;/m1./s1. The maximum Gasteiger partial charge on any atom is 0.235 e. The van der Waals surface area contributed by atoms with Crippen LogP contribution in [-0.2, 0) is 14.8 Å². The van der Waals surface area contributed by atoms with E-state index in [1.807, 2.05) is 12.1 Å². The number of hydrogen-bond donors (Lipinski definition) is 2. The highest BCUT2D eigenvalue weighted by Crippen LogP contribution is 2.28. The van der Waals surface area contributed by atoms with Gasteiger partial charge in [0, 0.05) is 37.1 Å². The fourth-order valence-electron chi connectivity index (χ4n) is 2.88. The van der Waals surface area contributed by atoms with Gasteiger partial charge in [0.15, 0.2) is 0 Å². The molecule has 0 saturated carbocycles. The zero-order chi connectivity index (χ0) is 17.0. The van der Waals surface area contributed by atoms with E-state index in [9.17, 15) is 13.2 Å². The van der Waals surface area contributed by atoms with Crippen molar-refractivity contribution in [2.45, 2.75) is 19.9 Å². The minimum atomic E-state index is -3.36. The van der Waals surface area contributed by atoms with Gasteiger partial charge in [-0.2, -0.15) is 0 Å². The minimum absolute atomic E-state index is 0. The van der Waals surface area contributed by atoms with E-state index in [0.717, 1.165) is 18.5 Å². The molecular formula is C15H25ClN4O3S. The first kappa shape index (κ1) is 20.7. The number of carbonyl (C=O) groups excluding carboxylic acids is 1. The molecule has 136 valence electrons. The van der Waals surface area contributed by atoms with Crippen LogP contribution in [0.15, 0.2) is 24.5 Å². The lowest BCUT2D eigenvalue weighted by atomic mass is 9.91. The molecule has 2 atom stereocenters. The Labute approximate surface area is 149 Å². The van der Waals surface area contributed by atoms with Gasteiger partial charge in [-0.15, -0.1) is 12.4 Å². The molecule has 1 saturated heterocycles. The Morgan fingerprint density at radius 3 is 2.50 bits per heavy atom. The Balaban J connectivity index is 0.00000288. The van der Waals surface area contributed by atoms with Crippen molar-refractivity contribution >= 4 is 34.0 Å². The second kappa shape index (κ2) is 8.64. The van der Waals surface area contributed by atoms with Crippen molar-refractivity contribution in [1.82, 2.24) is 15.0 Å². The molecule has 1 fully saturated rings. The topological polar surface area (TPSA) is 91.4 Å². The molecular weight excluding hydrogens is 352 g/mol. The molecule has 0 aromatic carbocycles. The van der Waals surface area contributed by atoms with Crippen molar-refractivity contribution in [3.05, 3.63) is 24.5 Å². The number of carbonyl (C=O) groups is 1. The number of halogens is 1. The number of anilines is 1. The fourth-order valence-corrected chi connectivity index (χ4v) is 3.27. The summed E-state index contributed by atoms with van der Waals surface area (Å²) in [7, 11) is -3.36. The number of aromatic nitrogens is 1. The molecule has 2 rings (SSSR count). The van der Waals surface area contributed by atoms with Crippen molar-refractivity contribution < 1.29 is 13.2 Å². The minimum Gasteiger partial charge on any atom is -0.369 e. The van der Waals surface area contributed by atoms with E-state index in [0.29, 0.717) is 18.4 Å². The van der Waals surface area contributed by atoms with Crippen LogP contribution in [0.4, 0.5) is 5.69 Å². The van der Waals surface area contributed by atoms with Crippen molar-refractivity contribution in [3.8, 4) is 0 Å². The molecule has 1 aromatic rings. The molecule has 1 aliphatic heterocycles. The average molecular weight is 377 g/mol.